The van der Waals surface area contributed by atoms with Crippen molar-refractivity contribution >= 4 is 5.95 Å². The third kappa shape index (κ3) is 3.37. The molecule has 0 bridgehead atoms. The molecule has 0 radical (unpaired) electrons. The van der Waals surface area contributed by atoms with Crippen molar-refractivity contribution in [3.05, 3.63) is 29.8 Å². The van der Waals surface area contributed by atoms with Gasteiger partial charge in [-0.15, -0.1) is 0 Å². The SMILES string of the molecule is CCCOc1nc(NC)nc(-c2cc(F)cc(F)c2)n1. The molecule has 20 heavy (non-hydrogen) atoms. The normalized spacial score (nSPS) is 10.4. The van der Waals surface area contributed by atoms with Crippen molar-refractivity contribution in [2.75, 3.05) is 19.0 Å². The van der Waals surface area contributed by atoms with Gasteiger partial charge in [-0.2, -0.15) is 15.0 Å². The fourth-order valence-corrected chi connectivity index (χ4v) is 1.54. The van der Waals surface area contributed by atoms with E-state index in [1.165, 1.54) is 0 Å². The van der Waals surface area contributed by atoms with E-state index in [0.717, 1.165) is 24.6 Å². The maximum absolute atomic E-state index is 13.2. The van der Waals surface area contributed by atoms with Crippen LogP contribution in [0.2, 0.25) is 0 Å². The number of aromatic nitrogens is 3. The second-order valence-electron chi connectivity index (χ2n) is 4.02. The van der Waals surface area contributed by atoms with Crippen LogP contribution in [-0.4, -0.2) is 28.6 Å². The number of rotatable bonds is 5. The van der Waals surface area contributed by atoms with E-state index >= 15 is 0 Å². The molecule has 2 rings (SSSR count). The van der Waals surface area contributed by atoms with Crippen molar-refractivity contribution < 1.29 is 13.5 Å². The molecule has 0 fully saturated rings. The van der Waals surface area contributed by atoms with E-state index in [4.69, 9.17) is 4.74 Å². The molecule has 5 nitrogen and oxygen atoms in total. The number of halogens is 2. The fourth-order valence-electron chi connectivity index (χ4n) is 1.54. The van der Waals surface area contributed by atoms with Crippen molar-refractivity contribution in [1.82, 2.24) is 15.0 Å². The van der Waals surface area contributed by atoms with E-state index in [9.17, 15) is 8.78 Å². The lowest BCUT2D eigenvalue weighted by molar-refractivity contribution is 0.292. The molecule has 1 aromatic carbocycles. The maximum atomic E-state index is 13.2. The molecule has 1 heterocycles. The van der Waals surface area contributed by atoms with E-state index < -0.39 is 11.6 Å². The van der Waals surface area contributed by atoms with Crippen molar-refractivity contribution in [1.29, 1.82) is 0 Å². The van der Waals surface area contributed by atoms with Gasteiger partial charge in [0.15, 0.2) is 5.82 Å². The van der Waals surface area contributed by atoms with Gasteiger partial charge >= 0.3 is 6.01 Å². The van der Waals surface area contributed by atoms with Gasteiger partial charge in [-0.25, -0.2) is 8.78 Å². The van der Waals surface area contributed by atoms with Gasteiger partial charge in [0.1, 0.15) is 11.6 Å². The minimum Gasteiger partial charge on any atom is -0.463 e. The summed E-state index contributed by atoms with van der Waals surface area (Å²) in [5.41, 5.74) is 0.225. The molecule has 0 aliphatic heterocycles. The van der Waals surface area contributed by atoms with Crippen LogP contribution in [0.4, 0.5) is 14.7 Å². The highest BCUT2D eigenvalue weighted by atomic mass is 19.1. The highest BCUT2D eigenvalue weighted by Crippen LogP contribution is 2.21. The molecule has 1 N–H and O–H groups in total. The number of nitrogens with zero attached hydrogens (tertiary/aromatic N) is 3. The van der Waals surface area contributed by atoms with E-state index in [0.29, 0.717) is 6.61 Å². The Kier molecular flexibility index (Phi) is 4.39. The molecule has 0 unspecified atom stereocenters. The Labute approximate surface area is 115 Å². The number of anilines is 1. The second-order valence-corrected chi connectivity index (χ2v) is 4.02. The van der Waals surface area contributed by atoms with Crippen LogP contribution in [0.15, 0.2) is 18.2 Å². The first-order valence-electron chi connectivity index (χ1n) is 6.15. The Hall–Kier alpha value is -2.31. The summed E-state index contributed by atoms with van der Waals surface area (Å²) in [5.74, 6) is -0.968. The largest absolute Gasteiger partial charge is 0.463 e. The topological polar surface area (TPSA) is 59.9 Å². The summed E-state index contributed by atoms with van der Waals surface area (Å²) in [6, 6.07) is 3.21. The average Bonchev–Trinajstić information content (AvgIpc) is 2.43. The lowest BCUT2D eigenvalue weighted by Gasteiger charge is -2.07. The van der Waals surface area contributed by atoms with Gasteiger partial charge in [0.25, 0.3) is 0 Å². The zero-order valence-electron chi connectivity index (χ0n) is 11.2. The first-order chi connectivity index (χ1) is 9.62. The van der Waals surface area contributed by atoms with Crippen LogP contribution in [0.5, 0.6) is 6.01 Å². The van der Waals surface area contributed by atoms with Crippen LogP contribution in [0.1, 0.15) is 13.3 Å². The molecule has 7 heteroatoms. The van der Waals surface area contributed by atoms with E-state index in [2.05, 4.69) is 20.3 Å². The van der Waals surface area contributed by atoms with E-state index in [1.807, 2.05) is 6.92 Å². The van der Waals surface area contributed by atoms with Crippen LogP contribution >= 0.6 is 0 Å². The van der Waals surface area contributed by atoms with Crippen molar-refractivity contribution in [3.8, 4) is 17.4 Å². The average molecular weight is 280 g/mol. The smallest absolute Gasteiger partial charge is 0.321 e. The highest BCUT2D eigenvalue weighted by molar-refractivity contribution is 5.56. The Balaban J connectivity index is 2.43. The summed E-state index contributed by atoms with van der Waals surface area (Å²) in [6.07, 6.45) is 0.796. The van der Waals surface area contributed by atoms with Crippen molar-refractivity contribution in [2.24, 2.45) is 0 Å². The lowest BCUT2D eigenvalue weighted by Crippen LogP contribution is -2.06. The molecule has 0 aliphatic rings. The number of hydrogen-bond donors (Lipinski definition) is 1. The summed E-state index contributed by atoms with van der Waals surface area (Å²) in [7, 11) is 1.63. The molecular weight excluding hydrogens is 266 g/mol. The predicted molar refractivity (Wildman–Crippen MR) is 70.5 cm³/mol. The summed E-state index contributed by atoms with van der Waals surface area (Å²) in [4.78, 5) is 12.1. The standard InChI is InChI=1S/C13H14F2N4O/c1-3-4-20-13-18-11(17-12(16-2)19-13)8-5-9(14)7-10(15)6-8/h5-7H,3-4H2,1-2H3,(H,16,17,18,19). The Bertz CT molecular complexity index is 587. The maximum Gasteiger partial charge on any atom is 0.321 e. The van der Waals surface area contributed by atoms with Gasteiger partial charge in [0, 0.05) is 18.7 Å². The lowest BCUT2D eigenvalue weighted by atomic mass is 10.2. The molecule has 106 valence electrons. The van der Waals surface area contributed by atoms with Crippen LogP contribution in [0.3, 0.4) is 0 Å². The van der Waals surface area contributed by atoms with Crippen LogP contribution in [0, 0.1) is 11.6 Å². The minimum absolute atomic E-state index is 0.117. The first kappa shape index (κ1) is 14.1. The summed E-state index contributed by atoms with van der Waals surface area (Å²) >= 11 is 0. The number of nitrogens with one attached hydrogen (secondary N) is 1. The molecule has 2 aromatic rings. The highest BCUT2D eigenvalue weighted by Gasteiger charge is 2.11. The monoisotopic (exact) mass is 280 g/mol. The Morgan fingerprint density at radius 1 is 1.10 bits per heavy atom. The number of ether oxygens (including phenoxy) is 1. The van der Waals surface area contributed by atoms with Crippen LogP contribution in [0.25, 0.3) is 11.4 Å². The number of hydrogen-bond acceptors (Lipinski definition) is 5. The zero-order chi connectivity index (χ0) is 14.5. The van der Waals surface area contributed by atoms with Crippen molar-refractivity contribution in [2.45, 2.75) is 13.3 Å². The Morgan fingerprint density at radius 3 is 2.40 bits per heavy atom. The fraction of sp³-hybridized carbons (Fsp3) is 0.308. The summed E-state index contributed by atoms with van der Waals surface area (Å²) < 4.78 is 31.8. The van der Waals surface area contributed by atoms with Gasteiger partial charge in [0.2, 0.25) is 5.95 Å². The molecule has 0 atom stereocenters. The third-order valence-corrected chi connectivity index (χ3v) is 2.39. The first-order valence-corrected chi connectivity index (χ1v) is 6.15. The summed E-state index contributed by atoms with van der Waals surface area (Å²) in [5, 5.41) is 2.75. The zero-order valence-corrected chi connectivity index (χ0v) is 11.2. The Morgan fingerprint density at radius 2 is 1.80 bits per heavy atom. The number of benzene rings is 1. The quantitative estimate of drug-likeness (QED) is 0.912. The summed E-state index contributed by atoms with van der Waals surface area (Å²) in [6.45, 7) is 2.40. The van der Waals surface area contributed by atoms with E-state index in [1.54, 1.807) is 7.05 Å². The van der Waals surface area contributed by atoms with Gasteiger partial charge in [0.05, 0.1) is 6.61 Å². The minimum atomic E-state index is -0.692. The molecule has 0 saturated heterocycles. The van der Waals surface area contributed by atoms with Gasteiger partial charge in [-0.05, 0) is 18.6 Å². The molecule has 0 spiro atoms. The molecular formula is C13H14F2N4O. The van der Waals surface area contributed by atoms with Gasteiger partial charge in [-0.1, -0.05) is 6.92 Å². The molecule has 0 saturated carbocycles. The predicted octanol–water partition coefficient (Wildman–Crippen LogP) is 2.65. The molecule has 0 amide bonds. The second kappa shape index (κ2) is 6.23. The van der Waals surface area contributed by atoms with Gasteiger partial charge in [-0.3, -0.25) is 0 Å². The third-order valence-electron chi connectivity index (χ3n) is 2.39. The molecule has 1 aromatic heterocycles. The van der Waals surface area contributed by atoms with Gasteiger partial charge < -0.3 is 10.1 Å². The van der Waals surface area contributed by atoms with Crippen LogP contribution in [-0.2, 0) is 0 Å². The van der Waals surface area contributed by atoms with Crippen molar-refractivity contribution in [3.63, 3.8) is 0 Å². The van der Waals surface area contributed by atoms with Crippen LogP contribution < -0.4 is 10.1 Å². The molecule has 0 aliphatic carbocycles. The van der Waals surface area contributed by atoms with E-state index in [-0.39, 0.29) is 23.3 Å².